The van der Waals surface area contributed by atoms with Crippen molar-refractivity contribution in [1.29, 1.82) is 0 Å². The molecule has 0 saturated heterocycles. The van der Waals surface area contributed by atoms with Crippen molar-refractivity contribution >= 4 is 6.29 Å². The topological polar surface area (TPSA) is 43.1 Å². The summed E-state index contributed by atoms with van der Waals surface area (Å²) in [4.78, 5) is 9.49. The fourth-order valence-corrected chi connectivity index (χ4v) is 0. The maximum Gasteiger partial charge on any atom is 0.136 e. The van der Waals surface area contributed by atoms with Crippen LogP contribution >= 0.6 is 0 Å². The molecule has 0 aromatic heterocycles. The maximum absolute atomic E-state index is 9.49. The largest absolute Gasteiger partial charge is 0.322 e. The molecular formula is C3H7NO. The minimum atomic E-state index is -0.579. The van der Waals surface area contributed by atoms with E-state index in [0.29, 0.717) is 6.29 Å². The quantitative estimate of drug-likeness (QED) is 0.427. The van der Waals surface area contributed by atoms with Gasteiger partial charge < -0.3 is 10.5 Å². The summed E-state index contributed by atoms with van der Waals surface area (Å²) < 4.78 is 6.45. The van der Waals surface area contributed by atoms with E-state index in [4.69, 9.17) is 7.10 Å². The molecule has 0 aliphatic heterocycles. The Morgan fingerprint density at radius 2 is 3.00 bits per heavy atom. The number of aldehydes is 1. The second-order valence-electron chi connectivity index (χ2n) is 0.800. The standard InChI is InChI=1S/C3H7NO/c1-3(4)2-5/h2-3H,4H2,1H3/i1D. The van der Waals surface area contributed by atoms with E-state index < -0.39 is 6.04 Å². The lowest BCUT2D eigenvalue weighted by molar-refractivity contribution is -0.108. The molecule has 0 aliphatic rings. The highest BCUT2D eigenvalue weighted by Gasteiger charge is 1.79. The zero-order valence-corrected chi connectivity index (χ0v) is 2.85. The molecule has 1 unspecified atom stereocenters. The fraction of sp³-hybridized carbons (Fsp3) is 0.667. The zero-order chi connectivity index (χ0) is 4.99. The number of nitrogens with two attached hydrogens (primary N) is 1. The van der Waals surface area contributed by atoms with E-state index in [0.717, 1.165) is 0 Å². The van der Waals surface area contributed by atoms with Gasteiger partial charge in [0.2, 0.25) is 0 Å². The van der Waals surface area contributed by atoms with Gasteiger partial charge in [0.25, 0.3) is 0 Å². The van der Waals surface area contributed by atoms with Crippen LogP contribution < -0.4 is 5.73 Å². The highest BCUT2D eigenvalue weighted by Crippen LogP contribution is 1.55. The molecule has 5 heavy (non-hydrogen) atoms. The summed E-state index contributed by atoms with van der Waals surface area (Å²) in [5.41, 5.74) is 4.92. The predicted octanol–water partition coefficient (Wildman–Crippen LogP) is -0.468. The molecule has 2 N–H and O–H groups in total. The monoisotopic (exact) mass is 74.1 g/mol. The first-order valence-electron chi connectivity index (χ1n) is 2.02. The molecule has 0 radical (unpaired) electrons. The summed E-state index contributed by atoms with van der Waals surface area (Å²) in [6.45, 7) is -0.0104. The Kier molecular flexibility index (Phi) is 1.08. The number of hydrogen-bond donors (Lipinski definition) is 1. The lowest BCUT2D eigenvalue weighted by Crippen LogP contribution is -2.15. The summed E-state index contributed by atoms with van der Waals surface area (Å²) in [6.07, 6.45) is 0.562. The number of hydrogen-bond acceptors (Lipinski definition) is 2. The van der Waals surface area contributed by atoms with E-state index in [-0.39, 0.29) is 6.90 Å². The Labute approximate surface area is 32.4 Å². The van der Waals surface area contributed by atoms with Crippen molar-refractivity contribution in [2.45, 2.75) is 12.9 Å². The predicted molar refractivity (Wildman–Crippen MR) is 19.7 cm³/mol. The molecule has 2 heteroatoms. The molecule has 0 saturated carbocycles. The third kappa shape index (κ3) is 3.63. The van der Waals surface area contributed by atoms with Crippen LogP contribution in [0.4, 0.5) is 0 Å². The van der Waals surface area contributed by atoms with Gasteiger partial charge in [-0.25, -0.2) is 0 Å². The van der Waals surface area contributed by atoms with Gasteiger partial charge in [-0.3, -0.25) is 0 Å². The molecular weight excluding hydrogens is 66.0 g/mol. The average molecular weight is 74.1 g/mol. The lowest BCUT2D eigenvalue weighted by atomic mass is 10.4. The second kappa shape index (κ2) is 1.91. The molecule has 0 spiro atoms. The van der Waals surface area contributed by atoms with Crippen molar-refractivity contribution in [3.63, 3.8) is 0 Å². The van der Waals surface area contributed by atoms with Crippen molar-refractivity contribution < 1.29 is 6.17 Å². The van der Waals surface area contributed by atoms with Crippen molar-refractivity contribution in [3.8, 4) is 0 Å². The van der Waals surface area contributed by atoms with E-state index in [1.165, 1.54) is 0 Å². The molecule has 0 aliphatic carbocycles. The molecule has 0 amide bonds. The van der Waals surface area contributed by atoms with E-state index >= 15 is 0 Å². The molecule has 0 bridgehead atoms. The summed E-state index contributed by atoms with van der Waals surface area (Å²) in [5.74, 6) is 0. The summed E-state index contributed by atoms with van der Waals surface area (Å²) in [7, 11) is 0. The number of carbonyl (C=O) groups excluding carboxylic acids is 1. The van der Waals surface area contributed by atoms with Crippen LogP contribution in [0.2, 0.25) is 0 Å². The first-order valence-corrected chi connectivity index (χ1v) is 1.31. The lowest BCUT2D eigenvalue weighted by Gasteiger charge is -1.80. The summed E-state index contributed by atoms with van der Waals surface area (Å²) in [5, 5.41) is 0. The van der Waals surface area contributed by atoms with Gasteiger partial charge in [0.1, 0.15) is 6.29 Å². The van der Waals surface area contributed by atoms with Crippen molar-refractivity contribution in [1.82, 2.24) is 0 Å². The Morgan fingerprint density at radius 1 is 2.40 bits per heavy atom. The molecule has 0 aromatic rings. The normalized spacial score (nSPS) is 16.6. The van der Waals surface area contributed by atoms with Gasteiger partial charge in [0, 0.05) is 1.37 Å². The van der Waals surface area contributed by atoms with Crippen LogP contribution in [0.5, 0.6) is 0 Å². The van der Waals surface area contributed by atoms with Gasteiger partial charge in [-0.05, 0) is 6.90 Å². The smallest absolute Gasteiger partial charge is 0.136 e. The third-order valence-electron chi connectivity index (χ3n) is 0.175. The van der Waals surface area contributed by atoms with Gasteiger partial charge in [-0.2, -0.15) is 0 Å². The summed E-state index contributed by atoms with van der Waals surface area (Å²) >= 11 is 0. The number of carbonyl (C=O) groups is 1. The Bertz CT molecular complexity index is 48.1. The van der Waals surface area contributed by atoms with E-state index in [1.54, 1.807) is 0 Å². The minimum Gasteiger partial charge on any atom is -0.322 e. The highest BCUT2D eigenvalue weighted by molar-refractivity contribution is 5.55. The van der Waals surface area contributed by atoms with Gasteiger partial charge in [-0.1, -0.05) is 0 Å². The molecule has 0 aromatic carbocycles. The molecule has 0 fully saturated rings. The molecule has 0 rings (SSSR count). The second-order valence-corrected chi connectivity index (χ2v) is 0.800. The van der Waals surface area contributed by atoms with Crippen molar-refractivity contribution in [2.75, 3.05) is 0 Å². The van der Waals surface area contributed by atoms with Crippen LogP contribution in [0.1, 0.15) is 8.27 Å². The van der Waals surface area contributed by atoms with Crippen LogP contribution in [0.15, 0.2) is 0 Å². The number of rotatable bonds is 1. The average Bonchev–Trinajstić information content (AvgIpc) is 1.65. The Hall–Kier alpha value is -0.370. The van der Waals surface area contributed by atoms with E-state index in [9.17, 15) is 4.79 Å². The summed E-state index contributed by atoms with van der Waals surface area (Å²) in [6, 6.07) is -0.579. The Balaban J connectivity index is 2.96. The van der Waals surface area contributed by atoms with Crippen LogP contribution in [0.25, 0.3) is 0 Å². The van der Waals surface area contributed by atoms with Crippen LogP contribution in [-0.4, -0.2) is 12.3 Å². The third-order valence-corrected chi connectivity index (χ3v) is 0.175. The molecule has 2 nitrogen and oxygen atoms in total. The van der Waals surface area contributed by atoms with Gasteiger partial charge >= 0.3 is 0 Å². The highest BCUT2D eigenvalue weighted by atomic mass is 16.1. The molecule has 1 atom stereocenters. The molecule has 30 valence electrons. The van der Waals surface area contributed by atoms with Crippen LogP contribution in [0, 0.1) is 0 Å². The zero-order valence-electron chi connectivity index (χ0n) is 3.85. The van der Waals surface area contributed by atoms with Gasteiger partial charge in [0.15, 0.2) is 0 Å². The first-order chi connectivity index (χ1) is 2.81. The van der Waals surface area contributed by atoms with Crippen molar-refractivity contribution in [3.05, 3.63) is 0 Å². The van der Waals surface area contributed by atoms with Crippen LogP contribution in [-0.2, 0) is 4.79 Å². The first kappa shape index (κ1) is 2.85. The fourth-order valence-electron chi connectivity index (χ4n) is 0. The van der Waals surface area contributed by atoms with Gasteiger partial charge in [0.05, 0.1) is 6.04 Å². The SMILES string of the molecule is [2H]CC(N)C=O. The van der Waals surface area contributed by atoms with E-state index in [2.05, 4.69) is 0 Å². The van der Waals surface area contributed by atoms with Crippen molar-refractivity contribution in [2.24, 2.45) is 5.73 Å². The minimum absolute atomic E-state index is 0.0104. The van der Waals surface area contributed by atoms with Crippen LogP contribution in [0.3, 0.4) is 0 Å². The maximum atomic E-state index is 9.49. The molecule has 0 heterocycles. The Morgan fingerprint density at radius 3 is 3.00 bits per heavy atom. The van der Waals surface area contributed by atoms with E-state index in [1.807, 2.05) is 0 Å². The van der Waals surface area contributed by atoms with Gasteiger partial charge in [-0.15, -0.1) is 0 Å².